The van der Waals surface area contributed by atoms with Crippen molar-refractivity contribution < 1.29 is 8.85 Å². The largest absolute Gasteiger partial charge is 0.457 e. The van der Waals surface area contributed by atoms with Crippen molar-refractivity contribution in [3.8, 4) is 28.6 Å². The van der Waals surface area contributed by atoms with E-state index in [0.717, 1.165) is 72.2 Å². The molecule has 410 valence electrons. The quantitative estimate of drug-likeness (QED) is 0.148. The van der Waals surface area contributed by atoms with Gasteiger partial charge in [0.25, 0.3) is 0 Å². The first-order chi connectivity index (χ1) is 41.2. The van der Waals surface area contributed by atoms with Crippen LogP contribution in [0, 0.1) is 0 Å². The molecule has 9 aromatic rings. The molecule has 5 heterocycles. The Morgan fingerprint density at radius 3 is 1.81 bits per heavy atom. The van der Waals surface area contributed by atoms with Gasteiger partial charge in [0.15, 0.2) is 14.6 Å². The van der Waals surface area contributed by atoms with E-state index in [9.17, 15) is 0 Å². The summed E-state index contributed by atoms with van der Waals surface area (Å²) in [7, 11) is 4.36. The molecule has 2 N–H and O–H groups in total. The van der Waals surface area contributed by atoms with Gasteiger partial charge in [-0.05, 0) is 140 Å². The lowest BCUT2D eigenvalue weighted by atomic mass is 9.63. The molecule has 83 heavy (non-hydrogen) atoms. The van der Waals surface area contributed by atoms with Gasteiger partial charge in [-0.25, -0.2) is 4.98 Å². The molecular formula is C73H71B2N7O. The number of nitrogens with one attached hydrogen (secondary N) is 2. The summed E-state index contributed by atoms with van der Waals surface area (Å²) >= 11 is 0. The second-order valence-electron chi connectivity index (χ2n) is 24.6. The third kappa shape index (κ3) is 10.7. The Morgan fingerprint density at radius 1 is 0.530 bits per heavy atom. The predicted octanol–water partition coefficient (Wildman–Crippen LogP) is 17.6. The van der Waals surface area contributed by atoms with Crippen LogP contribution in [0.15, 0.2) is 225 Å². The Kier molecular flexibility index (Phi) is 13.4. The van der Waals surface area contributed by atoms with Gasteiger partial charge in [0, 0.05) is 64.5 Å². The number of hydrogen-bond donors (Lipinski definition) is 2. The van der Waals surface area contributed by atoms with Crippen LogP contribution in [0.3, 0.4) is 0 Å². The Labute approximate surface area is 495 Å². The number of allylic oxidation sites excluding steroid dienone is 8. The van der Waals surface area contributed by atoms with Crippen molar-refractivity contribution in [3.05, 3.63) is 253 Å². The smallest absolute Gasteiger partial charge is 0.215 e. The van der Waals surface area contributed by atoms with Gasteiger partial charge >= 0.3 is 0 Å². The average molecular weight is 1090 g/mol. The van der Waals surface area contributed by atoms with Crippen LogP contribution in [0.2, 0.25) is 0 Å². The number of hydrogen-bond acceptors (Lipinski definition) is 6. The molecule has 2 radical (unpaired) electrons. The zero-order valence-corrected chi connectivity index (χ0v) is 48.9. The monoisotopic (exact) mass is 1090 g/mol. The zero-order chi connectivity index (χ0) is 60.1. The Balaban J connectivity index is 1.07. The minimum Gasteiger partial charge on any atom is -0.457 e. The number of aryl methyl sites for hydroxylation is 1. The minimum atomic E-state index is -2.53. The highest BCUT2D eigenvalue weighted by Crippen LogP contribution is 2.51. The van der Waals surface area contributed by atoms with E-state index in [-0.39, 0.29) is 16.2 Å². The normalized spacial score (nSPS) is 19.0. The van der Waals surface area contributed by atoms with Crippen molar-refractivity contribution in [2.45, 2.75) is 78.6 Å². The zero-order valence-electron chi connectivity index (χ0n) is 51.9. The van der Waals surface area contributed by atoms with Crippen molar-refractivity contribution >= 4 is 81.1 Å². The molecule has 3 aliphatic heterocycles. The Hall–Kier alpha value is -9.14. The topological polar surface area (TPSA) is 62.5 Å². The van der Waals surface area contributed by atoms with Crippen LogP contribution < -0.4 is 25.2 Å². The second-order valence-corrected chi connectivity index (χ2v) is 24.6. The van der Waals surface area contributed by atoms with E-state index in [1.807, 2.05) is 90.1 Å². The molecule has 7 aromatic carbocycles. The maximum Gasteiger partial charge on any atom is 0.215 e. The first-order valence-electron chi connectivity index (χ1n) is 30.1. The highest BCUT2D eigenvalue weighted by atomic mass is 16.5. The highest BCUT2D eigenvalue weighted by molar-refractivity contribution is 6.67. The van der Waals surface area contributed by atoms with E-state index in [4.69, 9.17) is 13.8 Å². The lowest BCUT2D eigenvalue weighted by Crippen LogP contribution is -2.26. The molecule has 0 aliphatic carbocycles. The van der Waals surface area contributed by atoms with Gasteiger partial charge in [0.05, 0.1) is 39.1 Å². The van der Waals surface area contributed by atoms with E-state index in [1.54, 1.807) is 0 Å². The number of para-hydroxylation sites is 5. The second kappa shape index (κ2) is 22.0. The molecule has 0 spiro atoms. The molecule has 3 aliphatic rings. The molecule has 8 nitrogen and oxygen atoms in total. The van der Waals surface area contributed by atoms with Gasteiger partial charge in [-0.2, -0.15) is 0 Å². The molecule has 0 saturated heterocycles. The van der Waals surface area contributed by atoms with Crippen LogP contribution in [-0.4, -0.2) is 35.3 Å². The molecule has 12 rings (SSSR count). The fourth-order valence-corrected chi connectivity index (χ4v) is 11.7. The SMILES string of the molecule is [2H]C([2H])([2H])n1c(-n2c3ccc(C(C)(C)C)cc3c3ccc(Oc4cc(-c5c(C(C)(C)C)cccc5C(C)(C)C)cc(N5CN(c6c(/C7=C/C=C\N/C=C\C=C/[B]7)cccc6/C6=C/C=C\N/C=C\C=C/[B]6)c6ccccc65)c4)cc32)nc2ccccc21. The summed E-state index contributed by atoms with van der Waals surface area (Å²) in [6.07, 6.45) is 24.2. The third-order valence-corrected chi connectivity index (χ3v) is 15.7. The highest BCUT2D eigenvalue weighted by Gasteiger charge is 2.34. The number of benzene rings is 7. The van der Waals surface area contributed by atoms with Gasteiger partial charge in [-0.1, -0.05) is 164 Å². The van der Waals surface area contributed by atoms with Gasteiger partial charge in [-0.15, -0.1) is 12.0 Å². The fourth-order valence-electron chi connectivity index (χ4n) is 11.7. The Morgan fingerprint density at radius 2 is 1.16 bits per heavy atom. The summed E-state index contributed by atoms with van der Waals surface area (Å²) < 4.78 is 37.4. The van der Waals surface area contributed by atoms with E-state index in [1.165, 1.54) is 26.8 Å². The number of fused-ring (bicyclic) bond motifs is 5. The number of ether oxygens (including phenoxy) is 1. The Bertz CT molecular complexity index is 4270. The first-order valence-corrected chi connectivity index (χ1v) is 28.6. The molecular weight excluding hydrogens is 1010 g/mol. The third-order valence-electron chi connectivity index (χ3n) is 15.7. The maximum absolute atomic E-state index is 8.89. The van der Waals surface area contributed by atoms with Gasteiger partial charge < -0.3 is 29.7 Å². The van der Waals surface area contributed by atoms with E-state index < -0.39 is 6.98 Å². The average Bonchev–Trinajstić information content (AvgIpc) is 1.69. The van der Waals surface area contributed by atoms with Gasteiger partial charge in [0.1, 0.15) is 18.2 Å². The number of anilines is 4. The van der Waals surface area contributed by atoms with Crippen LogP contribution in [0.5, 0.6) is 11.5 Å². The van der Waals surface area contributed by atoms with Gasteiger partial charge in [0.2, 0.25) is 5.95 Å². The maximum atomic E-state index is 8.89. The molecule has 0 unspecified atom stereocenters. The standard InChI is InChI=1S/C73H71B2N7O/c1-71(2,3)50-33-36-63-57(45-50)54-35-34-52(47-67(54)82(63)70-78-62-29-11-12-30-64(62)79(70)10)83-53-44-49(68-58(72(4,5)6)25-20-26-59(68)73(7,8)9)43-51(46-53)80-48-81(66-32-14-13-31-65(66)80)69-55(60-27-21-41-76-39-17-15-37-74-60)23-19-24-56(69)61-28-22-42-77-40-18-16-38-75-61/h11-47,76-77H,48H2,1-10H3/b37-15-,38-16-,39-17-,40-18-,41-21-,42-22-,60-27-,61-28-/i10D3. The van der Waals surface area contributed by atoms with Crippen molar-refractivity contribution in [1.82, 2.24) is 24.8 Å². The van der Waals surface area contributed by atoms with Crippen molar-refractivity contribution in [2.75, 3.05) is 16.5 Å². The molecule has 2 aromatic heterocycles. The molecule has 0 fully saturated rings. The van der Waals surface area contributed by atoms with Crippen LogP contribution >= 0.6 is 0 Å². The lowest BCUT2D eigenvalue weighted by molar-refractivity contribution is 0.483. The summed E-state index contributed by atoms with van der Waals surface area (Å²) in [6.45, 7) is 18.3. The lowest BCUT2D eigenvalue weighted by Gasteiger charge is -2.31. The predicted molar refractivity (Wildman–Crippen MR) is 354 cm³/mol. The number of nitrogens with zero attached hydrogens (tertiary/aromatic N) is 5. The molecule has 0 saturated carbocycles. The molecule has 0 atom stereocenters. The minimum absolute atomic E-state index is 0.138. The first kappa shape index (κ1) is 50.8. The summed E-state index contributed by atoms with van der Waals surface area (Å²) in [6, 6.07) is 48.9. The van der Waals surface area contributed by atoms with E-state index in [2.05, 4.69) is 237 Å². The van der Waals surface area contributed by atoms with Crippen LogP contribution in [0.4, 0.5) is 22.7 Å². The van der Waals surface area contributed by atoms with Crippen LogP contribution in [-0.2, 0) is 23.2 Å². The fraction of sp³-hybridized carbons (Fsp3) is 0.192. The summed E-state index contributed by atoms with van der Waals surface area (Å²) in [5.74, 6) is 5.72. The van der Waals surface area contributed by atoms with Crippen molar-refractivity contribution in [2.24, 2.45) is 6.98 Å². The summed E-state index contributed by atoms with van der Waals surface area (Å²) in [4.78, 5) is 9.96. The van der Waals surface area contributed by atoms with E-state index in [0.29, 0.717) is 35.1 Å². The summed E-state index contributed by atoms with van der Waals surface area (Å²) in [5, 5.41) is 8.47. The van der Waals surface area contributed by atoms with Crippen LogP contribution in [0.25, 0.3) is 60.9 Å². The van der Waals surface area contributed by atoms with Crippen molar-refractivity contribution in [3.63, 3.8) is 0 Å². The molecule has 0 amide bonds. The number of aromatic nitrogens is 3. The number of rotatable bonds is 8. The summed E-state index contributed by atoms with van der Waals surface area (Å²) in [5.41, 5.74) is 16.4. The van der Waals surface area contributed by atoms with Crippen molar-refractivity contribution in [1.29, 1.82) is 0 Å². The number of imidazole rings is 1. The molecule has 0 bridgehead atoms. The molecule has 10 heteroatoms. The van der Waals surface area contributed by atoms with Crippen LogP contribution in [0.1, 0.15) is 94.2 Å². The van der Waals surface area contributed by atoms with Gasteiger partial charge in [-0.3, -0.25) is 4.57 Å². The van der Waals surface area contributed by atoms with E-state index >= 15 is 0 Å².